The molecule has 3 amide bonds. The summed E-state index contributed by atoms with van der Waals surface area (Å²) >= 11 is 1.38. The zero-order valence-corrected chi connectivity index (χ0v) is 18.3. The number of amides is 3. The fourth-order valence-electron chi connectivity index (χ4n) is 2.88. The molecule has 0 aliphatic rings. The average Bonchev–Trinajstić information content (AvgIpc) is 2.77. The lowest BCUT2D eigenvalue weighted by Gasteiger charge is -2.21. The summed E-state index contributed by atoms with van der Waals surface area (Å²) in [5.41, 5.74) is 7.00. The summed E-state index contributed by atoms with van der Waals surface area (Å²) in [6.07, 6.45) is 0.783. The number of benzene rings is 2. The van der Waals surface area contributed by atoms with Crippen LogP contribution in [0.4, 0.5) is 16.2 Å². The fourth-order valence-corrected chi connectivity index (χ4v) is 3.52. The van der Waals surface area contributed by atoms with E-state index in [-0.39, 0.29) is 13.0 Å². The number of carbonyl (C=O) groups is 4. The summed E-state index contributed by atoms with van der Waals surface area (Å²) in [6.45, 7) is -0.160. The van der Waals surface area contributed by atoms with E-state index in [1.807, 2.05) is 6.26 Å². The predicted octanol–water partition coefficient (Wildman–Crippen LogP) is 2.43. The highest BCUT2D eigenvalue weighted by atomic mass is 32.2. The number of carboxylic acid groups (broad SMARTS) is 1. The van der Waals surface area contributed by atoms with Gasteiger partial charge in [-0.2, -0.15) is 0 Å². The number of thioether (sulfide) groups is 1. The summed E-state index contributed by atoms with van der Waals surface area (Å²) in [4.78, 5) is 47.6. The van der Waals surface area contributed by atoms with Crippen LogP contribution in [-0.2, 0) is 14.3 Å². The number of nitrogens with two attached hydrogens (primary N) is 1. The Kier molecular flexibility index (Phi) is 8.90. The molecule has 10 nitrogen and oxygen atoms in total. The van der Waals surface area contributed by atoms with Crippen molar-refractivity contribution in [2.75, 3.05) is 30.5 Å². The molecule has 0 aliphatic heterocycles. The second kappa shape index (κ2) is 11.6. The molecule has 11 heteroatoms. The van der Waals surface area contributed by atoms with Gasteiger partial charge in [-0.05, 0) is 48.2 Å². The molecule has 0 spiro atoms. The van der Waals surface area contributed by atoms with Crippen LogP contribution < -0.4 is 21.7 Å². The molecule has 1 atom stereocenters. The molecule has 0 bridgehead atoms. The van der Waals surface area contributed by atoms with Crippen molar-refractivity contribution < 1.29 is 29.0 Å². The minimum atomic E-state index is -1.10. The standard InChI is InChI=1S/C21H24N4O6S/c1-31-21(30)24-14-6-7-17(32-2)15(9-14)16(10-19(27)28)25-18(26)11-23-13-5-3-4-12(8-13)20(22)29/h3-9,16,23H,10-11H2,1-2H3,(H2,22,29)(H,24,30)(H,25,26)(H,27,28). The smallest absolute Gasteiger partial charge is 0.411 e. The summed E-state index contributed by atoms with van der Waals surface area (Å²) in [6, 6.07) is 10.5. The molecule has 0 heterocycles. The van der Waals surface area contributed by atoms with Crippen LogP contribution in [0.2, 0.25) is 0 Å². The third kappa shape index (κ3) is 7.20. The van der Waals surface area contributed by atoms with Crippen molar-refractivity contribution in [1.29, 1.82) is 0 Å². The van der Waals surface area contributed by atoms with Crippen LogP contribution in [-0.4, -0.2) is 48.9 Å². The highest BCUT2D eigenvalue weighted by molar-refractivity contribution is 7.98. The molecular formula is C21H24N4O6S. The molecular weight excluding hydrogens is 436 g/mol. The van der Waals surface area contributed by atoms with Crippen LogP contribution in [0.5, 0.6) is 0 Å². The molecule has 1 unspecified atom stereocenters. The summed E-state index contributed by atoms with van der Waals surface area (Å²) in [5, 5.41) is 17.5. The monoisotopic (exact) mass is 460 g/mol. The first-order chi connectivity index (χ1) is 15.2. The number of nitrogens with one attached hydrogen (secondary N) is 3. The number of rotatable bonds is 10. The molecule has 0 aliphatic carbocycles. The van der Waals surface area contributed by atoms with E-state index in [1.165, 1.54) is 24.9 Å². The first kappa shape index (κ1) is 24.5. The lowest BCUT2D eigenvalue weighted by molar-refractivity contribution is -0.137. The van der Waals surface area contributed by atoms with Crippen molar-refractivity contribution in [3.8, 4) is 0 Å². The molecule has 0 saturated heterocycles. The van der Waals surface area contributed by atoms with Gasteiger partial charge in [0, 0.05) is 21.8 Å². The molecule has 6 N–H and O–H groups in total. The van der Waals surface area contributed by atoms with Crippen LogP contribution in [0.3, 0.4) is 0 Å². The second-order valence-electron chi connectivity index (χ2n) is 6.59. The van der Waals surface area contributed by atoms with E-state index in [0.717, 1.165) is 4.90 Å². The van der Waals surface area contributed by atoms with Crippen molar-refractivity contribution in [2.24, 2.45) is 5.73 Å². The zero-order valence-electron chi connectivity index (χ0n) is 17.5. The van der Waals surface area contributed by atoms with Gasteiger partial charge in [0.2, 0.25) is 11.8 Å². The van der Waals surface area contributed by atoms with Crippen LogP contribution in [0.1, 0.15) is 28.4 Å². The first-order valence-electron chi connectivity index (χ1n) is 9.41. The Labute approximate surface area is 188 Å². The van der Waals surface area contributed by atoms with Gasteiger partial charge >= 0.3 is 12.1 Å². The van der Waals surface area contributed by atoms with E-state index in [0.29, 0.717) is 22.5 Å². The normalized spacial score (nSPS) is 11.2. The van der Waals surface area contributed by atoms with Gasteiger partial charge in [-0.1, -0.05) is 6.07 Å². The maximum Gasteiger partial charge on any atom is 0.411 e. The lowest BCUT2D eigenvalue weighted by atomic mass is 10.0. The quantitative estimate of drug-likeness (QED) is 0.338. The summed E-state index contributed by atoms with van der Waals surface area (Å²) in [7, 11) is 1.23. The van der Waals surface area contributed by atoms with Gasteiger partial charge in [-0.25, -0.2) is 4.79 Å². The van der Waals surface area contributed by atoms with E-state index < -0.39 is 29.9 Å². The number of carboxylic acids is 1. The van der Waals surface area contributed by atoms with E-state index in [2.05, 4.69) is 20.7 Å². The number of primary amides is 1. The Hall–Kier alpha value is -3.73. The summed E-state index contributed by atoms with van der Waals surface area (Å²) in [5.74, 6) is -2.15. The second-order valence-corrected chi connectivity index (χ2v) is 7.44. The van der Waals surface area contributed by atoms with Crippen molar-refractivity contribution in [1.82, 2.24) is 5.32 Å². The predicted molar refractivity (Wildman–Crippen MR) is 121 cm³/mol. The largest absolute Gasteiger partial charge is 0.481 e. The van der Waals surface area contributed by atoms with Crippen molar-refractivity contribution in [3.05, 3.63) is 53.6 Å². The van der Waals surface area contributed by atoms with Crippen molar-refractivity contribution in [2.45, 2.75) is 17.4 Å². The minimum Gasteiger partial charge on any atom is -0.481 e. The number of hydrogen-bond acceptors (Lipinski definition) is 7. The van der Waals surface area contributed by atoms with E-state index in [4.69, 9.17) is 5.73 Å². The number of hydrogen-bond donors (Lipinski definition) is 5. The van der Waals surface area contributed by atoms with Gasteiger partial charge in [0.25, 0.3) is 0 Å². The third-order valence-electron chi connectivity index (χ3n) is 4.35. The molecule has 2 aromatic rings. The zero-order chi connectivity index (χ0) is 23.7. The average molecular weight is 461 g/mol. The van der Waals surface area contributed by atoms with Crippen molar-refractivity contribution in [3.63, 3.8) is 0 Å². The maximum atomic E-state index is 12.6. The molecule has 0 radical (unpaired) electrons. The Morgan fingerprint density at radius 3 is 2.50 bits per heavy atom. The highest BCUT2D eigenvalue weighted by Gasteiger charge is 2.22. The Morgan fingerprint density at radius 2 is 1.88 bits per heavy atom. The van der Waals surface area contributed by atoms with Gasteiger partial charge in [0.1, 0.15) is 0 Å². The number of anilines is 2. The van der Waals surface area contributed by atoms with Gasteiger partial charge in [0.05, 0.1) is 26.1 Å². The van der Waals surface area contributed by atoms with Gasteiger partial charge in [-0.15, -0.1) is 11.8 Å². The Morgan fingerprint density at radius 1 is 1.12 bits per heavy atom. The Bertz CT molecular complexity index is 1010. The van der Waals surface area contributed by atoms with Crippen LogP contribution in [0.25, 0.3) is 0 Å². The van der Waals surface area contributed by atoms with E-state index in [9.17, 15) is 24.3 Å². The first-order valence-corrected chi connectivity index (χ1v) is 10.6. The summed E-state index contributed by atoms with van der Waals surface area (Å²) < 4.78 is 4.58. The molecule has 2 aromatic carbocycles. The molecule has 0 saturated carbocycles. The number of ether oxygens (including phenoxy) is 1. The number of aliphatic carboxylic acids is 1. The fraction of sp³-hybridized carbons (Fsp3) is 0.238. The van der Waals surface area contributed by atoms with Gasteiger partial charge < -0.3 is 26.2 Å². The van der Waals surface area contributed by atoms with Crippen LogP contribution in [0, 0.1) is 0 Å². The number of carbonyl (C=O) groups excluding carboxylic acids is 3. The number of methoxy groups -OCH3 is 1. The molecule has 170 valence electrons. The van der Waals surface area contributed by atoms with Gasteiger partial charge in [0.15, 0.2) is 0 Å². The van der Waals surface area contributed by atoms with Crippen LogP contribution >= 0.6 is 11.8 Å². The molecule has 0 aromatic heterocycles. The molecule has 2 rings (SSSR count). The van der Waals surface area contributed by atoms with Crippen molar-refractivity contribution >= 4 is 47.0 Å². The van der Waals surface area contributed by atoms with Gasteiger partial charge in [-0.3, -0.25) is 19.7 Å². The van der Waals surface area contributed by atoms with E-state index >= 15 is 0 Å². The third-order valence-corrected chi connectivity index (χ3v) is 5.16. The molecule has 32 heavy (non-hydrogen) atoms. The Balaban J connectivity index is 2.19. The topological polar surface area (TPSA) is 160 Å². The highest BCUT2D eigenvalue weighted by Crippen LogP contribution is 2.31. The SMILES string of the molecule is COC(=O)Nc1ccc(SC)c(C(CC(=O)O)NC(=O)CNc2cccc(C(N)=O)c2)c1. The lowest BCUT2D eigenvalue weighted by Crippen LogP contribution is -2.34. The van der Waals surface area contributed by atoms with Crippen LogP contribution in [0.15, 0.2) is 47.4 Å². The van der Waals surface area contributed by atoms with E-state index in [1.54, 1.807) is 36.4 Å². The molecule has 0 fully saturated rings. The minimum absolute atomic E-state index is 0.160. The maximum absolute atomic E-state index is 12.6.